The maximum Gasteiger partial charge on any atom is 0.129 e. The van der Waals surface area contributed by atoms with E-state index in [1.165, 1.54) is 6.07 Å². The van der Waals surface area contributed by atoms with Crippen molar-refractivity contribution in [1.29, 1.82) is 5.26 Å². The van der Waals surface area contributed by atoms with Gasteiger partial charge in [-0.2, -0.15) is 17.0 Å². The highest BCUT2D eigenvalue weighted by molar-refractivity contribution is 7.99. The number of hydrogen-bond donors (Lipinski definition) is 1. The standard InChI is InChI=1S/C13H15FN2S/c1-2-6-17-7-5-16-10-12-4-3-11(9-15)8-13(12)14/h2-4,8,16H,1,5-7,10H2. The lowest BCUT2D eigenvalue weighted by Gasteiger charge is -2.05. The summed E-state index contributed by atoms with van der Waals surface area (Å²) in [6.07, 6.45) is 1.87. The Morgan fingerprint density at radius 2 is 2.35 bits per heavy atom. The molecular weight excluding hydrogens is 235 g/mol. The predicted molar refractivity (Wildman–Crippen MR) is 70.3 cm³/mol. The van der Waals surface area contributed by atoms with Crippen molar-refractivity contribution in [1.82, 2.24) is 5.32 Å². The molecule has 1 rings (SSSR count). The van der Waals surface area contributed by atoms with Crippen LogP contribution in [0.15, 0.2) is 30.9 Å². The molecule has 0 aliphatic heterocycles. The van der Waals surface area contributed by atoms with Gasteiger partial charge >= 0.3 is 0 Å². The molecule has 4 heteroatoms. The smallest absolute Gasteiger partial charge is 0.129 e. The number of nitrogens with zero attached hydrogens (tertiary/aromatic N) is 1. The van der Waals surface area contributed by atoms with E-state index in [0.29, 0.717) is 17.7 Å². The summed E-state index contributed by atoms with van der Waals surface area (Å²) >= 11 is 1.78. The minimum absolute atomic E-state index is 0.324. The highest BCUT2D eigenvalue weighted by Gasteiger charge is 2.02. The van der Waals surface area contributed by atoms with Crippen LogP contribution in [-0.4, -0.2) is 18.1 Å². The lowest BCUT2D eigenvalue weighted by atomic mass is 10.1. The molecule has 1 N–H and O–H groups in total. The van der Waals surface area contributed by atoms with Crippen LogP contribution in [0.4, 0.5) is 4.39 Å². The molecule has 0 bridgehead atoms. The second-order valence-electron chi connectivity index (χ2n) is 3.46. The highest BCUT2D eigenvalue weighted by Crippen LogP contribution is 2.09. The summed E-state index contributed by atoms with van der Waals surface area (Å²) < 4.78 is 13.5. The van der Waals surface area contributed by atoms with Gasteiger partial charge in [0.25, 0.3) is 0 Å². The van der Waals surface area contributed by atoms with E-state index < -0.39 is 0 Å². The van der Waals surface area contributed by atoms with Crippen LogP contribution in [0.1, 0.15) is 11.1 Å². The Kier molecular flexibility index (Phi) is 6.38. The summed E-state index contributed by atoms with van der Waals surface area (Å²) in [4.78, 5) is 0. The van der Waals surface area contributed by atoms with Crippen LogP contribution in [0.5, 0.6) is 0 Å². The van der Waals surface area contributed by atoms with E-state index in [-0.39, 0.29) is 5.82 Å². The minimum atomic E-state index is -0.324. The van der Waals surface area contributed by atoms with Crippen molar-refractivity contribution in [3.63, 3.8) is 0 Å². The zero-order valence-corrected chi connectivity index (χ0v) is 10.4. The molecule has 1 aromatic rings. The topological polar surface area (TPSA) is 35.8 Å². The van der Waals surface area contributed by atoms with Crippen LogP contribution in [0.2, 0.25) is 0 Å². The fourth-order valence-electron chi connectivity index (χ4n) is 1.29. The fourth-order valence-corrected chi connectivity index (χ4v) is 1.92. The predicted octanol–water partition coefficient (Wildman–Crippen LogP) is 2.71. The second-order valence-corrected chi connectivity index (χ2v) is 4.61. The molecule has 1 aromatic carbocycles. The molecular formula is C13H15FN2S. The van der Waals surface area contributed by atoms with Crippen molar-refractivity contribution in [2.45, 2.75) is 6.54 Å². The van der Waals surface area contributed by atoms with E-state index >= 15 is 0 Å². The Bertz CT molecular complexity index is 412. The van der Waals surface area contributed by atoms with Gasteiger partial charge in [0.1, 0.15) is 5.82 Å². The van der Waals surface area contributed by atoms with Gasteiger partial charge in [0.05, 0.1) is 11.6 Å². The van der Waals surface area contributed by atoms with Gasteiger partial charge in [-0.3, -0.25) is 0 Å². The van der Waals surface area contributed by atoms with Crippen LogP contribution in [0.3, 0.4) is 0 Å². The molecule has 0 heterocycles. The Morgan fingerprint density at radius 1 is 1.53 bits per heavy atom. The number of benzene rings is 1. The van der Waals surface area contributed by atoms with Crippen molar-refractivity contribution in [3.05, 3.63) is 47.8 Å². The molecule has 90 valence electrons. The molecule has 0 spiro atoms. The molecule has 0 saturated heterocycles. The first kappa shape index (κ1) is 13.8. The maximum absolute atomic E-state index is 13.5. The molecule has 0 radical (unpaired) electrons. The van der Waals surface area contributed by atoms with E-state index in [2.05, 4.69) is 11.9 Å². The quantitative estimate of drug-likeness (QED) is 0.597. The van der Waals surface area contributed by atoms with Gasteiger partial charge in [-0.25, -0.2) is 4.39 Å². The molecule has 17 heavy (non-hydrogen) atoms. The number of halogens is 1. The van der Waals surface area contributed by atoms with Gasteiger partial charge in [-0.1, -0.05) is 12.1 Å². The Balaban J connectivity index is 2.32. The third-order valence-corrected chi connectivity index (χ3v) is 3.12. The second kappa shape index (κ2) is 7.88. The van der Waals surface area contributed by atoms with Crippen molar-refractivity contribution in [2.75, 3.05) is 18.1 Å². The summed E-state index contributed by atoms with van der Waals surface area (Å²) in [5.74, 6) is 1.59. The lowest BCUT2D eigenvalue weighted by Crippen LogP contribution is -2.17. The van der Waals surface area contributed by atoms with Crippen molar-refractivity contribution in [2.24, 2.45) is 0 Å². The number of nitriles is 1. The van der Waals surface area contributed by atoms with Crippen molar-refractivity contribution in [3.8, 4) is 6.07 Å². The van der Waals surface area contributed by atoms with Gasteiger partial charge in [0.2, 0.25) is 0 Å². The zero-order valence-electron chi connectivity index (χ0n) is 9.58. The van der Waals surface area contributed by atoms with Crippen molar-refractivity contribution >= 4 is 11.8 Å². The van der Waals surface area contributed by atoms with Gasteiger partial charge in [0.15, 0.2) is 0 Å². The van der Waals surface area contributed by atoms with Gasteiger partial charge < -0.3 is 5.32 Å². The molecule has 0 unspecified atom stereocenters. The summed E-state index contributed by atoms with van der Waals surface area (Å²) in [5.41, 5.74) is 0.950. The van der Waals surface area contributed by atoms with E-state index in [9.17, 15) is 4.39 Å². The fraction of sp³-hybridized carbons (Fsp3) is 0.308. The highest BCUT2D eigenvalue weighted by atomic mass is 32.2. The molecule has 0 aromatic heterocycles. The van der Waals surface area contributed by atoms with Crippen LogP contribution < -0.4 is 5.32 Å². The summed E-state index contributed by atoms with van der Waals surface area (Å²) in [7, 11) is 0. The normalized spacial score (nSPS) is 9.88. The third kappa shape index (κ3) is 5.03. The number of rotatable bonds is 7. The van der Waals surface area contributed by atoms with E-state index in [1.807, 2.05) is 12.1 Å². The van der Waals surface area contributed by atoms with E-state index in [1.54, 1.807) is 23.9 Å². The van der Waals surface area contributed by atoms with Gasteiger partial charge in [0, 0.05) is 30.2 Å². The number of nitrogens with one attached hydrogen (secondary N) is 1. The SMILES string of the molecule is C=CCSCCNCc1ccc(C#N)cc1F. The Morgan fingerprint density at radius 3 is 3.00 bits per heavy atom. The number of hydrogen-bond acceptors (Lipinski definition) is 3. The third-order valence-electron chi connectivity index (χ3n) is 2.16. The molecule has 0 aliphatic rings. The number of thioether (sulfide) groups is 1. The van der Waals surface area contributed by atoms with Gasteiger partial charge in [-0.05, 0) is 12.1 Å². The first-order valence-electron chi connectivity index (χ1n) is 5.36. The Labute approximate surface area is 106 Å². The molecule has 0 aliphatic carbocycles. The van der Waals surface area contributed by atoms with Crippen LogP contribution in [0, 0.1) is 17.1 Å². The Hall–Kier alpha value is -1.31. The van der Waals surface area contributed by atoms with E-state index in [0.717, 1.165) is 18.1 Å². The summed E-state index contributed by atoms with van der Waals surface area (Å²) in [5, 5.41) is 11.8. The minimum Gasteiger partial charge on any atom is -0.312 e. The lowest BCUT2D eigenvalue weighted by molar-refractivity contribution is 0.593. The molecule has 2 nitrogen and oxygen atoms in total. The van der Waals surface area contributed by atoms with E-state index in [4.69, 9.17) is 5.26 Å². The summed E-state index contributed by atoms with van der Waals surface area (Å²) in [6, 6.07) is 6.46. The monoisotopic (exact) mass is 250 g/mol. The van der Waals surface area contributed by atoms with Crippen LogP contribution in [-0.2, 0) is 6.54 Å². The zero-order chi connectivity index (χ0) is 12.5. The molecule has 0 saturated carbocycles. The first-order chi connectivity index (χ1) is 8.27. The first-order valence-corrected chi connectivity index (χ1v) is 6.51. The maximum atomic E-state index is 13.5. The molecule has 0 atom stereocenters. The molecule has 0 amide bonds. The van der Waals surface area contributed by atoms with Crippen LogP contribution in [0.25, 0.3) is 0 Å². The van der Waals surface area contributed by atoms with Crippen molar-refractivity contribution < 1.29 is 4.39 Å². The summed E-state index contributed by atoms with van der Waals surface area (Å²) in [6.45, 7) is 4.96. The molecule has 0 fully saturated rings. The average Bonchev–Trinajstić information content (AvgIpc) is 2.35. The largest absolute Gasteiger partial charge is 0.312 e. The van der Waals surface area contributed by atoms with Gasteiger partial charge in [-0.15, -0.1) is 6.58 Å². The average molecular weight is 250 g/mol. The van der Waals surface area contributed by atoms with Crippen LogP contribution >= 0.6 is 11.8 Å².